The average Bonchev–Trinajstić information content (AvgIpc) is 3.20. The van der Waals surface area contributed by atoms with Gasteiger partial charge in [-0.1, -0.05) is 36.4 Å². The number of rotatable bonds is 3. The highest BCUT2D eigenvalue weighted by atomic mass is 16.6. The van der Waals surface area contributed by atoms with Crippen LogP contribution in [-0.2, 0) is 10.3 Å². The fourth-order valence-corrected chi connectivity index (χ4v) is 4.93. The molecule has 0 radical (unpaired) electrons. The van der Waals surface area contributed by atoms with Crippen LogP contribution in [0.3, 0.4) is 0 Å². The lowest BCUT2D eigenvalue weighted by molar-refractivity contribution is 0.0377. The number of pyridine rings is 1. The second-order valence-electron chi connectivity index (χ2n) is 10.4. The highest BCUT2D eigenvalue weighted by Crippen LogP contribution is 2.43. The van der Waals surface area contributed by atoms with Gasteiger partial charge in [0.1, 0.15) is 5.60 Å². The Bertz CT molecular complexity index is 1450. The molecule has 2 aliphatic rings. The van der Waals surface area contributed by atoms with Gasteiger partial charge in [0.05, 0.1) is 23.1 Å². The number of benzene rings is 2. The standard InChI is InChI=1S/C28H28N6O2/c1-27(2,3)36-26(35)31-28(14-6-15-28)19-11-9-18(10-12-19)24-32-33-25-20-7-4-5-8-21(20)30-22-13-16-29-17-23(22)34(24)25/h4-5,7-13,16-17,30H,6,14-15H2,1-3H3,(H,31,35). The molecule has 8 heteroatoms. The fourth-order valence-electron chi connectivity index (χ4n) is 4.93. The van der Waals surface area contributed by atoms with Crippen molar-refractivity contribution in [2.75, 3.05) is 5.32 Å². The molecular weight excluding hydrogens is 452 g/mol. The summed E-state index contributed by atoms with van der Waals surface area (Å²) in [5.74, 6) is 1.48. The van der Waals surface area contributed by atoms with Crippen LogP contribution >= 0.6 is 0 Å². The Kier molecular flexibility index (Phi) is 5.07. The van der Waals surface area contributed by atoms with Gasteiger partial charge in [-0.2, -0.15) is 0 Å². The van der Waals surface area contributed by atoms with Crippen LogP contribution in [0.5, 0.6) is 0 Å². The lowest BCUT2D eigenvalue weighted by atomic mass is 9.72. The number of fused-ring (bicyclic) bond motifs is 5. The molecule has 1 saturated carbocycles. The number of hydrogen-bond donors (Lipinski definition) is 2. The average molecular weight is 481 g/mol. The second kappa shape index (κ2) is 8.19. The van der Waals surface area contributed by atoms with E-state index in [9.17, 15) is 4.79 Å². The molecule has 0 spiro atoms. The lowest BCUT2D eigenvalue weighted by Gasteiger charge is -2.43. The SMILES string of the molecule is CC(C)(C)OC(=O)NC1(c2ccc(-c3nnc4n3-c3cnccc3Nc3ccccc3-4)cc2)CCC1. The van der Waals surface area contributed by atoms with Crippen molar-refractivity contribution in [1.29, 1.82) is 0 Å². The predicted octanol–water partition coefficient (Wildman–Crippen LogP) is 5.96. The number of alkyl carbamates (subject to hydrolysis) is 1. The number of para-hydroxylation sites is 1. The zero-order chi connectivity index (χ0) is 24.9. The number of hydrogen-bond acceptors (Lipinski definition) is 6. The molecule has 0 unspecified atom stereocenters. The molecule has 1 aliphatic heterocycles. The van der Waals surface area contributed by atoms with Crippen molar-refractivity contribution in [1.82, 2.24) is 25.1 Å². The van der Waals surface area contributed by atoms with Gasteiger partial charge >= 0.3 is 6.09 Å². The van der Waals surface area contributed by atoms with E-state index in [1.807, 2.05) is 74.0 Å². The number of carbonyl (C=O) groups is 1. The van der Waals surface area contributed by atoms with Crippen molar-refractivity contribution in [3.05, 3.63) is 72.6 Å². The molecule has 0 saturated heterocycles. The van der Waals surface area contributed by atoms with Gasteiger partial charge in [0.2, 0.25) is 0 Å². The Hall–Kier alpha value is -4.20. The van der Waals surface area contributed by atoms with Crippen molar-refractivity contribution in [3.63, 3.8) is 0 Å². The van der Waals surface area contributed by atoms with Crippen molar-refractivity contribution >= 4 is 17.5 Å². The van der Waals surface area contributed by atoms with Gasteiger partial charge in [0.25, 0.3) is 0 Å². The molecular formula is C28H28N6O2. The van der Waals surface area contributed by atoms with Gasteiger partial charge in [-0.05, 0) is 63.8 Å². The maximum absolute atomic E-state index is 12.5. The highest BCUT2D eigenvalue weighted by Gasteiger charge is 2.41. The van der Waals surface area contributed by atoms with E-state index >= 15 is 0 Å². The Labute approximate surface area is 209 Å². The molecule has 1 amide bonds. The number of nitrogens with zero attached hydrogens (tertiary/aromatic N) is 4. The zero-order valence-electron chi connectivity index (χ0n) is 20.6. The maximum atomic E-state index is 12.5. The maximum Gasteiger partial charge on any atom is 0.408 e. The summed E-state index contributed by atoms with van der Waals surface area (Å²) in [5.41, 5.74) is 4.81. The molecule has 2 aromatic carbocycles. The summed E-state index contributed by atoms with van der Waals surface area (Å²) in [6, 6.07) is 18.3. The summed E-state index contributed by atoms with van der Waals surface area (Å²) in [5, 5.41) is 15.8. The third kappa shape index (κ3) is 3.79. The van der Waals surface area contributed by atoms with Gasteiger partial charge in [-0.15, -0.1) is 10.2 Å². The number of carbonyl (C=O) groups excluding carboxylic acids is 1. The van der Waals surface area contributed by atoms with Crippen LogP contribution in [0.4, 0.5) is 16.2 Å². The summed E-state index contributed by atoms with van der Waals surface area (Å²) >= 11 is 0. The Morgan fingerprint density at radius 3 is 2.47 bits per heavy atom. The number of anilines is 2. The van der Waals surface area contributed by atoms with Gasteiger partial charge in [-0.25, -0.2) is 4.79 Å². The molecule has 1 fully saturated rings. The number of ether oxygens (including phenoxy) is 1. The molecule has 1 aliphatic carbocycles. The van der Waals surface area contributed by atoms with E-state index in [1.165, 1.54) is 0 Å². The van der Waals surface area contributed by atoms with Crippen molar-refractivity contribution in [2.45, 2.75) is 51.2 Å². The minimum absolute atomic E-state index is 0.385. The monoisotopic (exact) mass is 480 g/mol. The van der Waals surface area contributed by atoms with E-state index in [0.717, 1.165) is 64.7 Å². The third-order valence-corrected chi connectivity index (χ3v) is 6.78. The zero-order valence-corrected chi connectivity index (χ0v) is 20.6. The van der Waals surface area contributed by atoms with Gasteiger partial charge < -0.3 is 15.4 Å². The second-order valence-corrected chi connectivity index (χ2v) is 10.4. The van der Waals surface area contributed by atoms with Crippen LogP contribution in [0.1, 0.15) is 45.6 Å². The van der Waals surface area contributed by atoms with Crippen molar-refractivity contribution < 1.29 is 9.53 Å². The predicted molar refractivity (Wildman–Crippen MR) is 138 cm³/mol. The smallest absolute Gasteiger partial charge is 0.408 e. The van der Waals surface area contributed by atoms with E-state index in [1.54, 1.807) is 6.20 Å². The van der Waals surface area contributed by atoms with Crippen LogP contribution in [0.2, 0.25) is 0 Å². The molecule has 0 bridgehead atoms. The van der Waals surface area contributed by atoms with Crippen LogP contribution in [-0.4, -0.2) is 31.4 Å². The Balaban J connectivity index is 1.38. The van der Waals surface area contributed by atoms with Crippen molar-refractivity contribution in [3.8, 4) is 28.5 Å². The summed E-state index contributed by atoms with van der Waals surface area (Å²) in [6.07, 6.45) is 6.04. The largest absolute Gasteiger partial charge is 0.444 e. The van der Waals surface area contributed by atoms with E-state index in [4.69, 9.17) is 4.74 Å². The van der Waals surface area contributed by atoms with Gasteiger partial charge in [-0.3, -0.25) is 9.55 Å². The molecule has 182 valence electrons. The minimum atomic E-state index is -0.539. The molecule has 8 nitrogen and oxygen atoms in total. The molecule has 2 N–H and O–H groups in total. The van der Waals surface area contributed by atoms with Gasteiger partial charge in [0.15, 0.2) is 11.6 Å². The topological polar surface area (TPSA) is 94.0 Å². The first-order valence-corrected chi connectivity index (χ1v) is 12.2. The fraction of sp³-hybridized carbons (Fsp3) is 0.286. The molecule has 4 aromatic rings. The summed E-state index contributed by atoms with van der Waals surface area (Å²) < 4.78 is 7.58. The Morgan fingerprint density at radius 1 is 1.00 bits per heavy atom. The first kappa shape index (κ1) is 22.3. The Morgan fingerprint density at radius 2 is 1.75 bits per heavy atom. The van der Waals surface area contributed by atoms with E-state index in [2.05, 4.69) is 37.9 Å². The van der Waals surface area contributed by atoms with Crippen LogP contribution in [0.15, 0.2) is 67.0 Å². The normalized spacial score (nSPS) is 15.3. The van der Waals surface area contributed by atoms with E-state index < -0.39 is 11.1 Å². The van der Waals surface area contributed by atoms with Crippen LogP contribution in [0, 0.1) is 0 Å². The summed E-state index contributed by atoms with van der Waals surface area (Å²) in [6.45, 7) is 5.62. The third-order valence-electron chi connectivity index (χ3n) is 6.78. The summed E-state index contributed by atoms with van der Waals surface area (Å²) in [7, 11) is 0. The van der Waals surface area contributed by atoms with Gasteiger partial charge in [0, 0.05) is 23.0 Å². The molecule has 6 rings (SSSR count). The minimum Gasteiger partial charge on any atom is -0.444 e. The van der Waals surface area contributed by atoms with Crippen LogP contribution < -0.4 is 10.6 Å². The quantitative estimate of drug-likeness (QED) is 0.331. The van der Waals surface area contributed by atoms with E-state index in [-0.39, 0.29) is 6.09 Å². The molecule has 0 atom stereocenters. The summed E-state index contributed by atoms with van der Waals surface area (Å²) in [4.78, 5) is 16.9. The first-order valence-electron chi connectivity index (χ1n) is 12.2. The highest BCUT2D eigenvalue weighted by molar-refractivity contribution is 5.85. The first-order chi connectivity index (χ1) is 17.3. The molecule has 3 heterocycles. The number of aromatic nitrogens is 4. The number of nitrogens with one attached hydrogen (secondary N) is 2. The van der Waals surface area contributed by atoms with Crippen molar-refractivity contribution in [2.24, 2.45) is 0 Å². The lowest BCUT2D eigenvalue weighted by Crippen LogP contribution is -2.52. The van der Waals surface area contributed by atoms with Crippen LogP contribution in [0.25, 0.3) is 28.5 Å². The van der Waals surface area contributed by atoms with E-state index in [0.29, 0.717) is 0 Å². The number of amides is 1. The molecule has 2 aromatic heterocycles. The molecule has 36 heavy (non-hydrogen) atoms.